The molecule has 0 atom stereocenters. The monoisotopic (exact) mass is 340 g/mol. The number of rotatable bonds is 5. The van der Waals surface area contributed by atoms with Crippen LogP contribution in [-0.4, -0.2) is 36.7 Å². The molecule has 0 aliphatic carbocycles. The van der Waals surface area contributed by atoms with Crippen LogP contribution in [0, 0.1) is 5.82 Å². The summed E-state index contributed by atoms with van der Waals surface area (Å²) >= 11 is 0. The molecule has 0 unspecified atom stereocenters. The largest absolute Gasteiger partial charge is 0.484 e. The molecule has 0 N–H and O–H groups in total. The first kappa shape index (κ1) is 17.1. The van der Waals surface area contributed by atoms with Crippen LogP contribution in [0.5, 0.6) is 5.75 Å². The number of hydrogen-bond acceptors (Lipinski definition) is 3. The maximum atomic E-state index is 12.9. The Labute approximate surface area is 146 Å². The van der Waals surface area contributed by atoms with E-state index < -0.39 is 0 Å². The van der Waals surface area contributed by atoms with Crippen molar-refractivity contribution in [3.8, 4) is 5.75 Å². The van der Waals surface area contributed by atoms with E-state index in [0.717, 1.165) is 31.5 Å². The number of halogens is 1. The molecule has 3 rings (SSSR count). The molecule has 0 radical (unpaired) electrons. The number of aliphatic imine (C=N–C) groups is 1. The van der Waals surface area contributed by atoms with E-state index in [2.05, 4.69) is 4.99 Å². The number of ether oxygens (including phenoxy) is 1. The van der Waals surface area contributed by atoms with Crippen LogP contribution in [0.15, 0.2) is 53.5 Å². The van der Waals surface area contributed by atoms with Crippen molar-refractivity contribution in [3.05, 3.63) is 59.9 Å². The Morgan fingerprint density at radius 1 is 1.12 bits per heavy atom. The molecule has 2 aromatic carbocycles. The van der Waals surface area contributed by atoms with Gasteiger partial charge in [0, 0.05) is 19.3 Å². The lowest BCUT2D eigenvalue weighted by Crippen LogP contribution is -2.38. The summed E-state index contributed by atoms with van der Waals surface area (Å²) in [6.07, 6.45) is 5.02. The van der Waals surface area contributed by atoms with Gasteiger partial charge in [-0.15, -0.1) is 0 Å². The number of nitrogens with zero attached hydrogens (tertiary/aromatic N) is 2. The number of carbonyl (C=O) groups excluding carboxylic acids is 1. The van der Waals surface area contributed by atoms with Gasteiger partial charge >= 0.3 is 0 Å². The highest BCUT2D eigenvalue weighted by molar-refractivity contribution is 5.82. The Kier molecular flexibility index (Phi) is 5.77. The van der Waals surface area contributed by atoms with E-state index in [1.807, 2.05) is 29.2 Å². The fourth-order valence-corrected chi connectivity index (χ4v) is 2.74. The van der Waals surface area contributed by atoms with Gasteiger partial charge in [-0.2, -0.15) is 0 Å². The fraction of sp³-hybridized carbons (Fsp3) is 0.300. The first-order chi connectivity index (χ1) is 12.2. The first-order valence-corrected chi connectivity index (χ1v) is 8.51. The average Bonchev–Trinajstić information content (AvgIpc) is 2.67. The summed E-state index contributed by atoms with van der Waals surface area (Å²) in [5, 5.41) is 0. The predicted molar refractivity (Wildman–Crippen MR) is 96.0 cm³/mol. The molecule has 1 fully saturated rings. The molecule has 130 valence electrons. The van der Waals surface area contributed by atoms with E-state index in [1.165, 1.54) is 18.6 Å². The smallest absolute Gasteiger partial charge is 0.260 e. The molecule has 1 aliphatic heterocycles. The second-order valence-electron chi connectivity index (χ2n) is 6.04. The number of hydrogen-bond donors (Lipinski definition) is 0. The zero-order valence-corrected chi connectivity index (χ0v) is 14.0. The lowest BCUT2D eigenvalue weighted by Gasteiger charge is -2.26. The summed E-state index contributed by atoms with van der Waals surface area (Å²) in [6.45, 7) is 1.71. The molecule has 0 saturated carbocycles. The standard InChI is InChI=1S/C20H21FN2O2/c21-17-7-9-18(10-8-17)22-14-16-5-4-6-19(13-16)25-15-20(24)23-11-2-1-3-12-23/h4-10,13-14H,1-3,11-12,15H2. The number of likely N-dealkylation sites (tertiary alicyclic amines) is 1. The van der Waals surface area contributed by atoms with Crippen molar-refractivity contribution >= 4 is 17.8 Å². The number of benzene rings is 2. The van der Waals surface area contributed by atoms with Crippen molar-refractivity contribution in [3.63, 3.8) is 0 Å². The van der Waals surface area contributed by atoms with Gasteiger partial charge in [-0.25, -0.2) is 4.39 Å². The van der Waals surface area contributed by atoms with Crippen LogP contribution in [0.4, 0.5) is 10.1 Å². The summed E-state index contributed by atoms with van der Waals surface area (Å²) in [7, 11) is 0. The molecule has 0 spiro atoms. The van der Waals surface area contributed by atoms with E-state index >= 15 is 0 Å². The van der Waals surface area contributed by atoms with Crippen LogP contribution in [0.2, 0.25) is 0 Å². The summed E-state index contributed by atoms with van der Waals surface area (Å²) in [5.74, 6) is 0.381. The van der Waals surface area contributed by atoms with E-state index in [4.69, 9.17) is 4.74 Å². The molecule has 25 heavy (non-hydrogen) atoms. The van der Waals surface area contributed by atoms with Gasteiger partial charge in [0.15, 0.2) is 6.61 Å². The molecule has 1 aliphatic rings. The molecule has 4 nitrogen and oxygen atoms in total. The zero-order valence-electron chi connectivity index (χ0n) is 14.0. The highest BCUT2D eigenvalue weighted by Crippen LogP contribution is 2.16. The Balaban J connectivity index is 1.57. The molecule has 1 amide bonds. The van der Waals surface area contributed by atoms with Crippen molar-refractivity contribution in [1.29, 1.82) is 0 Å². The third-order valence-corrected chi connectivity index (χ3v) is 4.12. The van der Waals surface area contributed by atoms with Gasteiger partial charge in [0.1, 0.15) is 11.6 Å². The van der Waals surface area contributed by atoms with Crippen molar-refractivity contribution in [2.24, 2.45) is 4.99 Å². The minimum Gasteiger partial charge on any atom is -0.484 e. The Morgan fingerprint density at radius 3 is 2.64 bits per heavy atom. The second-order valence-corrected chi connectivity index (χ2v) is 6.04. The van der Waals surface area contributed by atoms with Crippen LogP contribution in [0.1, 0.15) is 24.8 Å². The van der Waals surface area contributed by atoms with Crippen molar-refractivity contribution in [2.75, 3.05) is 19.7 Å². The molecular formula is C20H21FN2O2. The fourth-order valence-electron chi connectivity index (χ4n) is 2.74. The SMILES string of the molecule is O=C(COc1cccc(C=Nc2ccc(F)cc2)c1)N1CCCCC1. The van der Waals surface area contributed by atoms with Gasteiger partial charge in [-0.3, -0.25) is 9.79 Å². The highest BCUT2D eigenvalue weighted by atomic mass is 19.1. The van der Waals surface area contributed by atoms with Gasteiger partial charge in [0.2, 0.25) is 0 Å². The summed E-state index contributed by atoms with van der Waals surface area (Å²) in [4.78, 5) is 18.3. The predicted octanol–water partition coefficient (Wildman–Crippen LogP) is 3.97. The van der Waals surface area contributed by atoms with Crippen molar-refractivity contribution in [2.45, 2.75) is 19.3 Å². The molecule has 5 heteroatoms. The average molecular weight is 340 g/mol. The van der Waals surface area contributed by atoms with E-state index in [-0.39, 0.29) is 18.3 Å². The zero-order chi connectivity index (χ0) is 17.5. The Bertz CT molecular complexity index is 738. The van der Waals surface area contributed by atoms with Crippen LogP contribution in [0.3, 0.4) is 0 Å². The molecule has 0 bridgehead atoms. The summed E-state index contributed by atoms with van der Waals surface area (Å²) in [6, 6.07) is 13.4. The minimum absolute atomic E-state index is 0.0325. The van der Waals surface area contributed by atoms with Crippen molar-refractivity contribution in [1.82, 2.24) is 4.90 Å². The van der Waals surface area contributed by atoms with Crippen LogP contribution in [0.25, 0.3) is 0 Å². The van der Waals surface area contributed by atoms with Crippen LogP contribution < -0.4 is 4.74 Å². The topological polar surface area (TPSA) is 41.9 Å². The Morgan fingerprint density at radius 2 is 1.88 bits per heavy atom. The molecule has 1 saturated heterocycles. The van der Waals surface area contributed by atoms with E-state index in [9.17, 15) is 9.18 Å². The lowest BCUT2D eigenvalue weighted by atomic mass is 10.1. The second kappa shape index (κ2) is 8.42. The number of carbonyl (C=O) groups is 1. The Hall–Kier alpha value is -2.69. The maximum Gasteiger partial charge on any atom is 0.260 e. The van der Waals surface area contributed by atoms with Crippen LogP contribution >= 0.6 is 0 Å². The molecule has 2 aromatic rings. The van der Waals surface area contributed by atoms with Crippen molar-refractivity contribution < 1.29 is 13.9 Å². The summed E-state index contributed by atoms with van der Waals surface area (Å²) < 4.78 is 18.5. The summed E-state index contributed by atoms with van der Waals surface area (Å²) in [5.41, 5.74) is 1.53. The van der Waals surface area contributed by atoms with E-state index in [1.54, 1.807) is 18.3 Å². The highest BCUT2D eigenvalue weighted by Gasteiger charge is 2.16. The van der Waals surface area contributed by atoms with Gasteiger partial charge in [0.05, 0.1) is 5.69 Å². The normalized spacial score (nSPS) is 14.7. The van der Waals surface area contributed by atoms with Crippen LogP contribution in [-0.2, 0) is 4.79 Å². The van der Waals surface area contributed by atoms with Gasteiger partial charge in [-0.1, -0.05) is 12.1 Å². The quantitative estimate of drug-likeness (QED) is 0.773. The molecular weight excluding hydrogens is 319 g/mol. The minimum atomic E-state index is -0.285. The number of amides is 1. The van der Waals surface area contributed by atoms with Gasteiger partial charge in [0.25, 0.3) is 5.91 Å². The van der Waals surface area contributed by atoms with Gasteiger partial charge < -0.3 is 9.64 Å². The number of piperidine rings is 1. The van der Waals surface area contributed by atoms with E-state index in [0.29, 0.717) is 11.4 Å². The van der Waals surface area contributed by atoms with Gasteiger partial charge in [-0.05, 0) is 61.2 Å². The maximum absolute atomic E-state index is 12.9. The third kappa shape index (κ3) is 5.14. The first-order valence-electron chi connectivity index (χ1n) is 8.51. The molecule has 1 heterocycles. The lowest BCUT2D eigenvalue weighted by molar-refractivity contribution is -0.134. The third-order valence-electron chi connectivity index (χ3n) is 4.12. The molecule has 0 aromatic heterocycles.